The fourth-order valence-electron chi connectivity index (χ4n) is 2.39. The zero-order valence-corrected chi connectivity index (χ0v) is 10.9. The summed E-state index contributed by atoms with van der Waals surface area (Å²) in [6, 6.07) is 9.67. The number of ether oxygens (including phenoxy) is 1. The molecule has 1 aromatic carbocycles. The van der Waals surface area contributed by atoms with Crippen molar-refractivity contribution in [2.24, 2.45) is 0 Å². The summed E-state index contributed by atoms with van der Waals surface area (Å²) in [6.45, 7) is 0. The Morgan fingerprint density at radius 1 is 1.15 bits per heavy atom. The second kappa shape index (κ2) is 5.30. The Hall–Kier alpha value is -2.41. The summed E-state index contributed by atoms with van der Waals surface area (Å²) in [7, 11) is 0. The Bertz CT molecular complexity index is 674. The second-order valence-corrected chi connectivity index (χ2v) is 4.82. The van der Waals surface area contributed by atoms with Crippen molar-refractivity contribution in [3.05, 3.63) is 53.0 Å². The maximum absolute atomic E-state index is 12.9. The van der Waals surface area contributed by atoms with Crippen LogP contribution in [-0.2, 0) is 12.8 Å². The lowest BCUT2D eigenvalue weighted by molar-refractivity contribution is 0.454. The SMILES string of the molecule is N#Cc1cc2c(nc1Oc1ccc(F)cc1)CCCC2. The number of halogens is 1. The number of hydrogen-bond acceptors (Lipinski definition) is 3. The van der Waals surface area contributed by atoms with Crippen LogP contribution in [0.4, 0.5) is 4.39 Å². The van der Waals surface area contributed by atoms with Crippen LogP contribution in [0.2, 0.25) is 0 Å². The van der Waals surface area contributed by atoms with Gasteiger partial charge in [-0.3, -0.25) is 0 Å². The molecule has 0 amide bonds. The first-order chi connectivity index (χ1) is 9.76. The summed E-state index contributed by atoms with van der Waals surface area (Å²) in [5, 5.41) is 9.21. The van der Waals surface area contributed by atoms with Crippen molar-refractivity contribution < 1.29 is 9.13 Å². The molecule has 1 aromatic heterocycles. The molecule has 0 saturated carbocycles. The van der Waals surface area contributed by atoms with E-state index in [0.29, 0.717) is 17.2 Å². The molecular formula is C16H13FN2O. The average molecular weight is 268 g/mol. The smallest absolute Gasteiger partial charge is 0.237 e. The van der Waals surface area contributed by atoms with E-state index in [2.05, 4.69) is 11.1 Å². The Balaban J connectivity index is 1.96. The third-order valence-electron chi connectivity index (χ3n) is 3.41. The molecule has 1 heterocycles. The van der Waals surface area contributed by atoms with E-state index in [-0.39, 0.29) is 5.82 Å². The van der Waals surface area contributed by atoms with Gasteiger partial charge in [0.15, 0.2) is 0 Å². The normalized spacial score (nSPS) is 13.4. The van der Waals surface area contributed by atoms with E-state index in [1.165, 1.54) is 24.3 Å². The van der Waals surface area contributed by atoms with Crippen LogP contribution in [0.3, 0.4) is 0 Å². The van der Waals surface area contributed by atoms with E-state index >= 15 is 0 Å². The summed E-state index contributed by atoms with van der Waals surface area (Å²) in [5.74, 6) is 0.460. The van der Waals surface area contributed by atoms with Crippen LogP contribution in [0.25, 0.3) is 0 Å². The number of aryl methyl sites for hydroxylation is 2. The van der Waals surface area contributed by atoms with Gasteiger partial charge in [-0.1, -0.05) is 0 Å². The van der Waals surface area contributed by atoms with Gasteiger partial charge < -0.3 is 4.74 Å². The van der Waals surface area contributed by atoms with Gasteiger partial charge in [-0.25, -0.2) is 9.37 Å². The van der Waals surface area contributed by atoms with Gasteiger partial charge in [0.25, 0.3) is 0 Å². The van der Waals surface area contributed by atoms with E-state index in [4.69, 9.17) is 4.74 Å². The van der Waals surface area contributed by atoms with E-state index in [0.717, 1.165) is 36.9 Å². The van der Waals surface area contributed by atoms with E-state index < -0.39 is 0 Å². The highest BCUT2D eigenvalue weighted by atomic mass is 19.1. The Kier molecular flexibility index (Phi) is 3.34. The molecule has 0 atom stereocenters. The molecule has 1 aliphatic carbocycles. The second-order valence-electron chi connectivity index (χ2n) is 4.82. The number of pyridine rings is 1. The zero-order chi connectivity index (χ0) is 13.9. The fourth-order valence-corrected chi connectivity index (χ4v) is 2.39. The molecule has 0 saturated heterocycles. The summed E-state index contributed by atoms with van der Waals surface area (Å²) in [5.41, 5.74) is 2.57. The molecule has 4 heteroatoms. The zero-order valence-electron chi connectivity index (χ0n) is 10.9. The number of benzene rings is 1. The van der Waals surface area contributed by atoms with Crippen LogP contribution in [0.15, 0.2) is 30.3 Å². The summed E-state index contributed by atoms with van der Waals surface area (Å²) < 4.78 is 18.5. The minimum atomic E-state index is -0.323. The van der Waals surface area contributed by atoms with Crippen LogP contribution < -0.4 is 4.74 Å². The summed E-state index contributed by atoms with van der Waals surface area (Å²) >= 11 is 0. The van der Waals surface area contributed by atoms with E-state index in [9.17, 15) is 9.65 Å². The molecule has 3 rings (SSSR count). The number of fused-ring (bicyclic) bond motifs is 1. The molecule has 0 N–H and O–H groups in total. The van der Waals surface area contributed by atoms with Crippen molar-refractivity contribution in [2.75, 3.05) is 0 Å². The van der Waals surface area contributed by atoms with E-state index in [1.807, 2.05) is 6.07 Å². The van der Waals surface area contributed by atoms with Crippen molar-refractivity contribution in [2.45, 2.75) is 25.7 Å². The average Bonchev–Trinajstić information content (AvgIpc) is 2.49. The quantitative estimate of drug-likeness (QED) is 0.833. The third-order valence-corrected chi connectivity index (χ3v) is 3.41. The standard InChI is InChI=1S/C16H13FN2O/c17-13-5-7-14(8-6-13)20-16-12(10-18)9-11-3-1-2-4-15(11)19-16/h5-9H,1-4H2. The Morgan fingerprint density at radius 3 is 2.65 bits per heavy atom. The first-order valence-corrected chi connectivity index (χ1v) is 6.62. The van der Waals surface area contributed by atoms with Crippen LogP contribution in [-0.4, -0.2) is 4.98 Å². The number of nitriles is 1. The predicted molar refractivity (Wildman–Crippen MR) is 72.1 cm³/mol. The molecule has 0 radical (unpaired) electrons. The van der Waals surface area contributed by atoms with Crippen molar-refractivity contribution in [1.82, 2.24) is 4.98 Å². The number of rotatable bonds is 2. The lowest BCUT2D eigenvalue weighted by Crippen LogP contribution is -2.07. The predicted octanol–water partition coefficient (Wildman–Crippen LogP) is 3.76. The molecule has 0 bridgehead atoms. The largest absolute Gasteiger partial charge is 0.438 e. The lowest BCUT2D eigenvalue weighted by Gasteiger charge is -2.16. The molecule has 100 valence electrons. The van der Waals surface area contributed by atoms with E-state index in [1.54, 1.807) is 0 Å². The Labute approximate surface area is 116 Å². The van der Waals surface area contributed by atoms with Crippen LogP contribution >= 0.6 is 0 Å². The molecule has 20 heavy (non-hydrogen) atoms. The molecule has 0 unspecified atom stereocenters. The molecule has 0 fully saturated rings. The number of nitrogens with zero attached hydrogens (tertiary/aromatic N) is 2. The maximum Gasteiger partial charge on any atom is 0.237 e. The monoisotopic (exact) mass is 268 g/mol. The fraction of sp³-hybridized carbons (Fsp3) is 0.250. The maximum atomic E-state index is 12.9. The van der Waals surface area contributed by atoms with Gasteiger partial charge in [0.2, 0.25) is 5.88 Å². The highest BCUT2D eigenvalue weighted by Gasteiger charge is 2.16. The Morgan fingerprint density at radius 2 is 1.90 bits per heavy atom. The van der Waals surface area contributed by atoms with Crippen molar-refractivity contribution >= 4 is 0 Å². The van der Waals surface area contributed by atoms with Gasteiger partial charge in [0.05, 0.1) is 0 Å². The summed E-state index contributed by atoms with van der Waals surface area (Å²) in [4.78, 5) is 4.46. The lowest BCUT2D eigenvalue weighted by atomic mass is 9.95. The topological polar surface area (TPSA) is 45.9 Å². The van der Waals surface area contributed by atoms with Crippen LogP contribution in [0.1, 0.15) is 29.7 Å². The van der Waals surface area contributed by atoms with Crippen LogP contribution in [0.5, 0.6) is 11.6 Å². The van der Waals surface area contributed by atoms with Gasteiger partial charge in [-0.15, -0.1) is 0 Å². The molecular weight excluding hydrogens is 255 g/mol. The highest BCUT2D eigenvalue weighted by molar-refractivity contribution is 5.45. The first-order valence-electron chi connectivity index (χ1n) is 6.62. The minimum Gasteiger partial charge on any atom is -0.438 e. The first kappa shape index (κ1) is 12.6. The molecule has 3 nitrogen and oxygen atoms in total. The van der Waals surface area contributed by atoms with Crippen molar-refractivity contribution in [3.8, 4) is 17.7 Å². The van der Waals surface area contributed by atoms with Gasteiger partial charge in [0.1, 0.15) is 23.2 Å². The molecule has 2 aromatic rings. The summed E-state index contributed by atoms with van der Waals surface area (Å²) in [6.07, 6.45) is 4.13. The van der Waals surface area contributed by atoms with Gasteiger partial charge >= 0.3 is 0 Å². The molecule has 1 aliphatic rings. The van der Waals surface area contributed by atoms with Crippen LogP contribution in [0, 0.1) is 17.1 Å². The van der Waals surface area contributed by atoms with Gasteiger partial charge in [-0.05, 0) is 61.6 Å². The number of aromatic nitrogens is 1. The minimum absolute atomic E-state index is 0.305. The molecule has 0 spiro atoms. The van der Waals surface area contributed by atoms with Crippen molar-refractivity contribution in [1.29, 1.82) is 5.26 Å². The molecule has 0 aliphatic heterocycles. The third kappa shape index (κ3) is 2.48. The van der Waals surface area contributed by atoms with Crippen molar-refractivity contribution in [3.63, 3.8) is 0 Å². The number of hydrogen-bond donors (Lipinski definition) is 0. The van der Waals surface area contributed by atoms with Gasteiger partial charge in [-0.2, -0.15) is 5.26 Å². The van der Waals surface area contributed by atoms with Gasteiger partial charge in [0, 0.05) is 5.69 Å². The highest BCUT2D eigenvalue weighted by Crippen LogP contribution is 2.28.